The van der Waals surface area contributed by atoms with E-state index in [1.54, 1.807) is 37.5 Å². The Morgan fingerprint density at radius 3 is 2.69 bits per heavy atom. The highest BCUT2D eigenvalue weighted by molar-refractivity contribution is 9.10. The Labute approximate surface area is 163 Å². The molecule has 134 valence electrons. The average Bonchev–Trinajstić information content (AvgIpc) is 2.97. The first kappa shape index (κ1) is 18.4. The van der Waals surface area contributed by atoms with Gasteiger partial charge in [0.15, 0.2) is 11.4 Å². The van der Waals surface area contributed by atoms with Crippen LogP contribution in [0.4, 0.5) is 0 Å². The molecule has 0 bridgehead atoms. The molecule has 3 rings (SSSR count). The Morgan fingerprint density at radius 1 is 1.27 bits per heavy atom. The summed E-state index contributed by atoms with van der Waals surface area (Å²) in [7, 11) is 1.60. The lowest BCUT2D eigenvalue weighted by Crippen LogP contribution is -2.19. The number of fused-ring (bicyclic) bond motifs is 1. The molecule has 0 spiro atoms. The number of ether oxygens (including phenoxy) is 2. The average molecular weight is 433 g/mol. The van der Waals surface area contributed by atoms with Gasteiger partial charge in [-0.1, -0.05) is 33.3 Å². The molecule has 2 aromatic carbocycles. The van der Waals surface area contributed by atoms with Gasteiger partial charge in [-0.15, -0.1) is 6.58 Å². The number of benzene rings is 2. The molecule has 7 heteroatoms. The number of hydrogen-bond donors (Lipinski definition) is 0. The summed E-state index contributed by atoms with van der Waals surface area (Å²) in [6.07, 6.45) is 1.78. The fourth-order valence-electron chi connectivity index (χ4n) is 2.39. The summed E-state index contributed by atoms with van der Waals surface area (Å²) in [5.74, 6) is 0.980. The van der Waals surface area contributed by atoms with Crippen molar-refractivity contribution < 1.29 is 14.3 Å². The molecule has 26 heavy (non-hydrogen) atoms. The van der Waals surface area contributed by atoms with Crippen LogP contribution in [0.25, 0.3) is 10.2 Å². The van der Waals surface area contributed by atoms with Crippen LogP contribution in [0.1, 0.15) is 0 Å². The van der Waals surface area contributed by atoms with Crippen molar-refractivity contribution in [2.45, 2.75) is 6.54 Å². The minimum absolute atomic E-state index is 0.127. The van der Waals surface area contributed by atoms with Crippen LogP contribution in [0.3, 0.4) is 0 Å². The van der Waals surface area contributed by atoms with Gasteiger partial charge in [0.2, 0.25) is 0 Å². The number of rotatable bonds is 6. The van der Waals surface area contributed by atoms with Gasteiger partial charge in [0.25, 0.3) is 5.91 Å². The second-order valence-corrected chi connectivity index (χ2v) is 7.29. The fraction of sp³-hybridized carbons (Fsp3) is 0.158. The number of methoxy groups -OCH3 is 1. The number of aromatic nitrogens is 1. The fourth-order valence-corrected chi connectivity index (χ4v) is 4.00. The van der Waals surface area contributed by atoms with E-state index in [4.69, 9.17) is 9.47 Å². The van der Waals surface area contributed by atoms with Gasteiger partial charge in [0.05, 0.1) is 17.3 Å². The van der Waals surface area contributed by atoms with Crippen LogP contribution in [0.5, 0.6) is 11.5 Å². The Balaban J connectivity index is 1.82. The number of allylic oxidation sites excluding steroid dienone is 1. The zero-order chi connectivity index (χ0) is 18.5. The van der Waals surface area contributed by atoms with Gasteiger partial charge in [0.1, 0.15) is 11.5 Å². The predicted molar refractivity (Wildman–Crippen MR) is 107 cm³/mol. The lowest BCUT2D eigenvalue weighted by atomic mass is 10.3. The number of carbonyl (C=O) groups excluding carboxylic acids is 1. The lowest BCUT2D eigenvalue weighted by Gasteiger charge is -2.04. The summed E-state index contributed by atoms with van der Waals surface area (Å²) in [6.45, 7) is 4.23. The molecular weight excluding hydrogens is 416 g/mol. The number of hydrogen-bond acceptors (Lipinski definition) is 4. The zero-order valence-electron chi connectivity index (χ0n) is 14.1. The summed E-state index contributed by atoms with van der Waals surface area (Å²) in [6, 6.07) is 13.0. The molecule has 3 aromatic rings. The Hall–Kier alpha value is -2.38. The van der Waals surface area contributed by atoms with Crippen LogP contribution in [-0.4, -0.2) is 24.2 Å². The SMILES string of the molecule is C=CCn1c(=NC(=O)COc2ccc(OC)cc2)sc2cc(Br)ccc21. The Morgan fingerprint density at radius 2 is 2.00 bits per heavy atom. The van der Waals surface area contributed by atoms with Crippen molar-refractivity contribution in [2.24, 2.45) is 4.99 Å². The number of amides is 1. The highest BCUT2D eigenvalue weighted by atomic mass is 79.9. The number of thiazole rings is 1. The van der Waals surface area contributed by atoms with Crippen molar-refractivity contribution >= 4 is 43.4 Å². The van der Waals surface area contributed by atoms with Crippen molar-refractivity contribution in [1.29, 1.82) is 0 Å². The molecule has 5 nitrogen and oxygen atoms in total. The van der Waals surface area contributed by atoms with E-state index in [0.717, 1.165) is 20.4 Å². The Bertz CT molecular complexity index is 1010. The summed E-state index contributed by atoms with van der Waals surface area (Å²) < 4.78 is 14.6. The van der Waals surface area contributed by atoms with Crippen LogP contribution in [0.2, 0.25) is 0 Å². The van der Waals surface area contributed by atoms with Crippen LogP contribution >= 0.6 is 27.3 Å². The van der Waals surface area contributed by atoms with Gasteiger partial charge in [-0.2, -0.15) is 4.99 Å². The molecule has 0 aliphatic carbocycles. The highest BCUT2D eigenvalue weighted by Crippen LogP contribution is 2.22. The third-order valence-electron chi connectivity index (χ3n) is 3.60. The van der Waals surface area contributed by atoms with Gasteiger partial charge in [0, 0.05) is 11.0 Å². The van der Waals surface area contributed by atoms with E-state index in [2.05, 4.69) is 27.5 Å². The van der Waals surface area contributed by atoms with Crippen molar-refractivity contribution in [1.82, 2.24) is 4.57 Å². The Kier molecular flexibility index (Phi) is 5.90. The smallest absolute Gasteiger partial charge is 0.286 e. The number of nitrogens with zero attached hydrogens (tertiary/aromatic N) is 2. The lowest BCUT2D eigenvalue weighted by molar-refractivity contribution is -0.120. The molecule has 0 saturated carbocycles. The first-order valence-corrected chi connectivity index (χ1v) is 9.46. The van der Waals surface area contributed by atoms with Crippen molar-refractivity contribution in [3.05, 3.63) is 64.4 Å². The minimum atomic E-state index is -0.343. The summed E-state index contributed by atoms with van der Waals surface area (Å²) in [4.78, 5) is 17.1. The minimum Gasteiger partial charge on any atom is -0.497 e. The maximum absolute atomic E-state index is 12.3. The first-order chi connectivity index (χ1) is 12.6. The monoisotopic (exact) mass is 432 g/mol. The second kappa shape index (κ2) is 8.33. The van der Waals surface area contributed by atoms with Gasteiger partial charge in [-0.3, -0.25) is 4.79 Å². The van der Waals surface area contributed by atoms with Crippen LogP contribution < -0.4 is 14.3 Å². The van der Waals surface area contributed by atoms with Crippen molar-refractivity contribution in [2.75, 3.05) is 13.7 Å². The van der Waals surface area contributed by atoms with Gasteiger partial charge in [-0.05, 0) is 42.5 Å². The third-order valence-corrected chi connectivity index (χ3v) is 5.13. The van der Waals surface area contributed by atoms with Crippen LogP contribution in [0.15, 0.2) is 64.6 Å². The number of halogens is 1. The summed E-state index contributed by atoms with van der Waals surface area (Å²) in [5.41, 5.74) is 1.01. The predicted octanol–water partition coefficient (Wildman–Crippen LogP) is 4.17. The molecule has 0 unspecified atom stereocenters. The maximum atomic E-state index is 12.3. The van der Waals surface area contributed by atoms with E-state index >= 15 is 0 Å². The van der Waals surface area contributed by atoms with E-state index < -0.39 is 0 Å². The number of carbonyl (C=O) groups is 1. The molecule has 0 N–H and O–H groups in total. The highest BCUT2D eigenvalue weighted by Gasteiger charge is 2.08. The second-order valence-electron chi connectivity index (χ2n) is 5.37. The normalized spacial score (nSPS) is 11.5. The van der Waals surface area contributed by atoms with Crippen molar-refractivity contribution in [3.63, 3.8) is 0 Å². The zero-order valence-corrected chi connectivity index (χ0v) is 16.5. The molecule has 0 aliphatic rings. The topological polar surface area (TPSA) is 52.8 Å². The van der Waals surface area contributed by atoms with Crippen molar-refractivity contribution in [3.8, 4) is 11.5 Å². The van der Waals surface area contributed by atoms with Crippen LogP contribution in [-0.2, 0) is 11.3 Å². The van der Waals surface area contributed by atoms with Gasteiger partial charge >= 0.3 is 0 Å². The summed E-state index contributed by atoms with van der Waals surface area (Å²) >= 11 is 4.93. The molecule has 0 fully saturated rings. The molecule has 0 atom stereocenters. The van der Waals surface area contributed by atoms with E-state index in [0.29, 0.717) is 17.1 Å². The molecule has 1 aromatic heterocycles. The molecular formula is C19H17BrN2O3S. The largest absolute Gasteiger partial charge is 0.497 e. The summed E-state index contributed by atoms with van der Waals surface area (Å²) in [5, 5.41) is 0. The molecule has 1 amide bonds. The van der Waals surface area contributed by atoms with Gasteiger partial charge in [-0.25, -0.2) is 0 Å². The molecule has 1 heterocycles. The third kappa shape index (κ3) is 4.23. The van der Waals surface area contributed by atoms with E-state index in [1.165, 1.54) is 11.3 Å². The van der Waals surface area contributed by atoms with Crippen LogP contribution in [0, 0.1) is 0 Å². The van der Waals surface area contributed by atoms with E-state index in [9.17, 15) is 4.79 Å². The first-order valence-electron chi connectivity index (χ1n) is 7.85. The maximum Gasteiger partial charge on any atom is 0.286 e. The molecule has 0 saturated heterocycles. The van der Waals surface area contributed by atoms with E-state index in [1.807, 2.05) is 22.8 Å². The standard InChI is InChI=1S/C19H17BrN2O3S/c1-3-10-22-16-9-4-13(20)11-17(16)26-19(22)21-18(23)12-25-15-7-5-14(24-2)6-8-15/h3-9,11H,1,10,12H2,2H3. The molecule has 0 radical (unpaired) electrons. The quantitative estimate of drug-likeness (QED) is 0.549. The van der Waals surface area contributed by atoms with Gasteiger partial charge < -0.3 is 14.0 Å². The van der Waals surface area contributed by atoms with E-state index in [-0.39, 0.29) is 12.5 Å². The molecule has 0 aliphatic heterocycles.